The van der Waals surface area contributed by atoms with Gasteiger partial charge >= 0.3 is 5.97 Å². The summed E-state index contributed by atoms with van der Waals surface area (Å²) >= 11 is 12.5. The zero-order chi connectivity index (χ0) is 20.3. The van der Waals surface area contributed by atoms with Gasteiger partial charge in [-0.1, -0.05) is 37.0 Å². The maximum atomic E-state index is 12.3. The number of carboxylic acid groups (broad SMARTS) is 1. The van der Waals surface area contributed by atoms with E-state index in [9.17, 15) is 14.7 Å². The number of benzene rings is 2. The van der Waals surface area contributed by atoms with E-state index in [1.54, 1.807) is 12.1 Å². The van der Waals surface area contributed by atoms with Gasteiger partial charge in [0.05, 0.1) is 10.0 Å². The Labute approximate surface area is 166 Å². The lowest BCUT2D eigenvalue weighted by Gasteiger charge is -2.17. The van der Waals surface area contributed by atoms with Gasteiger partial charge in [-0.2, -0.15) is 0 Å². The highest BCUT2D eigenvalue weighted by Crippen LogP contribution is 2.39. The van der Waals surface area contributed by atoms with Crippen LogP contribution < -0.4 is 4.74 Å². The van der Waals surface area contributed by atoms with Crippen molar-refractivity contribution in [3.05, 3.63) is 51.5 Å². The average molecular weight is 412 g/mol. The van der Waals surface area contributed by atoms with E-state index in [0.717, 1.165) is 4.90 Å². The maximum Gasteiger partial charge on any atom is 0.323 e. The molecule has 0 unspecified atom stereocenters. The van der Waals surface area contributed by atoms with Gasteiger partial charge in [0, 0.05) is 18.2 Å². The van der Waals surface area contributed by atoms with Crippen LogP contribution in [0.5, 0.6) is 17.2 Å². The van der Waals surface area contributed by atoms with Crippen molar-refractivity contribution in [2.24, 2.45) is 0 Å². The van der Waals surface area contributed by atoms with Crippen LogP contribution in [0.15, 0.2) is 30.3 Å². The van der Waals surface area contributed by atoms with Crippen LogP contribution in [0.25, 0.3) is 0 Å². The highest BCUT2D eigenvalue weighted by molar-refractivity contribution is 6.37. The summed E-state index contributed by atoms with van der Waals surface area (Å²) in [6.07, 6.45) is 0. The SMILES string of the molecule is CC(C)c1cc(Oc2c(Cl)cc(C(=O)N(C)CC(=O)O)cc2Cl)ccc1O. The predicted octanol–water partition coefficient (Wildman–Crippen LogP) is 4.77. The number of aromatic hydroxyl groups is 1. The first-order valence-corrected chi connectivity index (χ1v) is 8.82. The number of hydrogen-bond donors (Lipinski definition) is 2. The van der Waals surface area contributed by atoms with E-state index >= 15 is 0 Å². The number of carbonyl (C=O) groups excluding carboxylic acids is 1. The minimum Gasteiger partial charge on any atom is -0.508 e. The smallest absolute Gasteiger partial charge is 0.323 e. The van der Waals surface area contributed by atoms with Crippen molar-refractivity contribution in [2.75, 3.05) is 13.6 Å². The first-order chi connectivity index (χ1) is 12.6. The molecule has 2 N–H and O–H groups in total. The molecular weight excluding hydrogens is 393 g/mol. The summed E-state index contributed by atoms with van der Waals surface area (Å²) in [7, 11) is 1.37. The average Bonchev–Trinajstić information content (AvgIpc) is 2.57. The number of amides is 1. The first kappa shape index (κ1) is 20.9. The Kier molecular flexibility index (Phi) is 6.57. The normalized spacial score (nSPS) is 10.7. The van der Waals surface area contributed by atoms with Crippen LogP contribution in [-0.2, 0) is 4.79 Å². The van der Waals surface area contributed by atoms with E-state index in [-0.39, 0.29) is 33.0 Å². The lowest BCUT2D eigenvalue weighted by Crippen LogP contribution is -2.31. The largest absolute Gasteiger partial charge is 0.508 e. The van der Waals surface area contributed by atoms with E-state index in [1.165, 1.54) is 25.2 Å². The Morgan fingerprint density at radius 1 is 1.15 bits per heavy atom. The van der Waals surface area contributed by atoms with Crippen LogP contribution >= 0.6 is 23.2 Å². The monoisotopic (exact) mass is 411 g/mol. The van der Waals surface area contributed by atoms with E-state index in [2.05, 4.69) is 0 Å². The number of halogens is 2. The summed E-state index contributed by atoms with van der Waals surface area (Å²) in [6.45, 7) is 3.43. The van der Waals surface area contributed by atoms with E-state index in [0.29, 0.717) is 11.3 Å². The number of ether oxygens (including phenoxy) is 1. The Morgan fingerprint density at radius 2 is 1.74 bits per heavy atom. The van der Waals surface area contributed by atoms with Gasteiger partial charge in [0.25, 0.3) is 5.91 Å². The number of phenols is 1. The molecule has 0 aromatic heterocycles. The molecule has 0 fully saturated rings. The minimum atomic E-state index is -1.13. The number of likely N-dealkylation sites (N-methyl/N-ethyl adjacent to an activating group) is 1. The molecular formula is C19H19Cl2NO5. The molecule has 0 aliphatic carbocycles. The second-order valence-electron chi connectivity index (χ2n) is 6.30. The van der Waals surface area contributed by atoms with Crippen LogP contribution in [0.2, 0.25) is 10.0 Å². The molecule has 0 saturated carbocycles. The summed E-state index contributed by atoms with van der Waals surface area (Å²) in [6, 6.07) is 7.52. The van der Waals surface area contributed by atoms with Crippen molar-refractivity contribution in [3.63, 3.8) is 0 Å². The molecule has 0 atom stereocenters. The predicted molar refractivity (Wildman–Crippen MR) is 103 cm³/mol. The topological polar surface area (TPSA) is 87.1 Å². The van der Waals surface area contributed by atoms with Gasteiger partial charge < -0.3 is 19.8 Å². The van der Waals surface area contributed by atoms with E-state index in [1.807, 2.05) is 13.8 Å². The highest BCUT2D eigenvalue weighted by atomic mass is 35.5. The molecule has 2 rings (SSSR count). The van der Waals surface area contributed by atoms with E-state index in [4.69, 9.17) is 33.0 Å². The second kappa shape index (κ2) is 8.50. The van der Waals surface area contributed by atoms with E-state index < -0.39 is 18.4 Å². The van der Waals surface area contributed by atoms with Gasteiger partial charge in [-0.15, -0.1) is 0 Å². The van der Waals surface area contributed by atoms with Gasteiger partial charge in [-0.05, 0) is 36.2 Å². The Morgan fingerprint density at radius 3 is 2.26 bits per heavy atom. The van der Waals surface area contributed by atoms with Crippen molar-refractivity contribution in [3.8, 4) is 17.2 Å². The van der Waals surface area contributed by atoms with Crippen LogP contribution in [-0.4, -0.2) is 40.6 Å². The third-order valence-electron chi connectivity index (χ3n) is 3.81. The molecule has 0 aliphatic heterocycles. The van der Waals surface area contributed by atoms with Crippen molar-refractivity contribution < 1.29 is 24.5 Å². The number of aliphatic carboxylic acids is 1. The zero-order valence-corrected chi connectivity index (χ0v) is 16.5. The lowest BCUT2D eigenvalue weighted by molar-refractivity contribution is -0.137. The first-order valence-electron chi connectivity index (χ1n) is 8.07. The number of carboxylic acids is 1. The number of carbonyl (C=O) groups is 2. The standard InChI is InChI=1S/C19H19Cl2NO5/c1-10(2)13-8-12(4-5-16(13)23)27-18-14(20)6-11(7-15(18)21)19(26)22(3)9-17(24)25/h4-8,10,23H,9H2,1-3H3,(H,24,25). The molecule has 8 heteroatoms. The molecule has 0 bridgehead atoms. The summed E-state index contributed by atoms with van der Waals surface area (Å²) in [4.78, 5) is 24.1. The van der Waals surface area contributed by atoms with Crippen LogP contribution in [0, 0.1) is 0 Å². The molecule has 2 aromatic rings. The van der Waals surface area contributed by atoms with Gasteiger partial charge in [0.1, 0.15) is 18.0 Å². The summed E-state index contributed by atoms with van der Waals surface area (Å²) in [5.74, 6) is -0.810. The molecule has 0 radical (unpaired) electrons. The van der Waals surface area contributed by atoms with Crippen LogP contribution in [0.3, 0.4) is 0 Å². The van der Waals surface area contributed by atoms with Crippen molar-refractivity contribution in [1.29, 1.82) is 0 Å². The zero-order valence-electron chi connectivity index (χ0n) is 15.0. The van der Waals surface area contributed by atoms with Crippen molar-refractivity contribution >= 4 is 35.1 Å². The molecule has 0 spiro atoms. The Bertz CT molecular complexity index is 859. The molecule has 1 amide bonds. The second-order valence-corrected chi connectivity index (χ2v) is 7.12. The van der Waals surface area contributed by atoms with Gasteiger partial charge in [0.15, 0.2) is 5.75 Å². The fourth-order valence-corrected chi connectivity index (χ4v) is 3.02. The molecule has 0 saturated heterocycles. The Balaban J connectivity index is 2.31. The quantitative estimate of drug-likeness (QED) is 0.714. The molecule has 144 valence electrons. The maximum absolute atomic E-state index is 12.3. The number of hydrogen-bond acceptors (Lipinski definition) is 4. The number of nitrogens with zero attached hydrogens (tertiary/aromatic N) is 1. The fraction of sp³-hybridized carbons (Fsp3) is 0.263. The van der Waals surface area contributed by atoms with Gasteiger partial charge in [0.2, 0.25) is 0 Å². The molecule has 2 aromatic carbocycles. The highest BCUT2D eigenvalue weighted by Gasteiger charge is 2.19. The molecule has 0 heterocycles. The van der Waals surface area contributed by atoms with Crippen molar-refractivity contribution in [2.45, 2.75) is 19.8 Å². The van der Waals surface area contributed by atoms with Crippen LogP contribution in [0.1, 0.15) is 35.7 Å². The minimum absolute atomic E-state index is 0.0873. The van der Waals surface area contributed by atoms with Crippen LogP contribution in [0.4, 0.5) is 0 Å². The molecule has 0 aliphatic rings. The summed E-state index contributed by atoms with van der Waals surface area (Å²) in [5, 5.41) is 18.9. The Hall–Kier alpha value is -2.44. The molecule has 6 nitrogen and oxygen atoms in total. The van der Waals surface area contributed by atoms with Gasteiger partial charge in [-0.3, -0.25) is 9.59 Å². The number of phenolic OH excluding ortho intramolecular Hbond substituents is 1. The van der Waals surface area contributed by atoms with Crippen molar-refractivity contribution in [1.82, 2.24) is 4.90 Å². The summed E-state index contributed by atoms with van der Waals surface area (Å²) < 4.78 is 5.75. The summed E-state index contributed by atoms with van der Waals surface area (Å²) in [5.41, 5.74) is 0.858. The lowest BCUT2D eigenvalue weighted by atomic mass is 10.0. The fourth-order valence-electron chi connectivity index (χ4n) is 2.45. The third-order valence-corrected chi connectivity index (χ3v) is 4.37. The molecule has 27 heavy (non-hydrogen) atoms. The number of rotatable bonds is 6. The van der Waals surface area contributed by atoms with Gasteiger partial charge in [-0.25, -0.2) is 0 Å². The third kappa shape index (κ3) is 5.05.